The Balaban J connectivity index is 1.78. The predicted octanol–water partition coefficient (Wildman–Crippen LogP) is 4.82. The molecule has 1 aromatic rings. The lowest BCUT2D eigenvalue weighted by Crippen LogP contribution is -2.12. The minimum Gasteiger partial charge on any atom is -0.320 e. The second-order valence-electron chi connectivity index (χ2n) is 5.61. The van der Waals surface area contributed by atoms with Crippen LogP contribution in [-0.4, -0.2) is 5.75 Å². The van der Waals surface area contributed by atoms with Crippen LogP contribution < -0.4 is 5.73 Å². The van der Waals surface area contributed by atoms with Gasteiger partial charge in [0.15, 0.2) is 0 Å². The average Bonchev–Trinajstić information content (AvgIpc) is 2.81. The Hall–Kier alpha value is -0.250. The smallest absolute Gasteiger partial charge is 0.0605 e. The highest BCUT2D eigenvalue weighted by atomic mass is 32.2. The molecule has 0 saturated heterocycles. The Morgan fingerprint density at radius 3 is 2.89 bits per heavy atom. The summed E-state index contributed by atoms with van der Waals surface area (Å²) < 4.78 is 0. The van der Waals surface area contributed by atoms with Crippen molar-refractivity contribution in [3.05, 3.63) is 33.0 Å². The summed E-state index contributed by atoms with van der Waals surface area (Å²) in [5.74, 6) is 2.47. The molecule has 1 nitrogen and oxygen atoms in total. The number of thiophene rings is 1. The zero-order valence-corrected chi connectivity index (χ0v) is 13.1. The van der Waals surface area contributed by atoms with Gasteiger partial charge in [-0.15, -0.1) is 11.3 Å². The second kappa shape index (κ2) is 6.47. The van der Waals surface area contributed by atoms with E-state index < -0.39 is 0 Å². The summed E-state index contributed by atoms with van der Waals surface area (Å²) in [6, 6.07) is 2.55. The SMILES string of the molecule is NC(C1=CCCCCCC1)c1cc2c(s1)CCSC2. The predicted molar refractivity (Wildman–Crippen MR) is 86.9 cm³/mol. The first-order valence-corrected chi connectivity index (χ1v) is 9.45. The quantitative estimate of drug-likeness (QED) is 0.791. The Morgan fingerprint density at radius 1 is 1.11 bits per heavy atom. The van der Waals surface area contributed by atoms with Crippen LogP contribution in [0.15, 0.2) is 17.7 Å². The van der Waals surface area contributed by atoms with Gasteiger partial charge in [0.2, 0.25) is 0 Å². The molecule has 0 aromatic carbocycles. The van der Waals surface area contributed by atoms with Gasteiger partial charge in [-0.25, -0.2) is 0 Å². The van der Waals surface area contributed by atoms with Crippen LogP contribution in [0.4, 0.5) is 0 Å². The van der Waals surface area contributed by atoms with Crippen molar-refractivity contribution < 1.29 is 0 Å². The highest BCUT2D eigenvalue weighted by Crippen LogP contribution is 2.37. The summed E-state index contributed by atoms with van der Waals surface area (Å²) in [7, 11) is 0. The van der Waals surface area contributed by atoms with Crippen molar-refractivity contribution in [2.24, 2.45) is 5.73 Å². The first kappa shape index (κ1) is 13.7. The Kier molecular flexibility index (Phi) is 4.67. The number of thioether (sulfide) groups is 1. The summed E-state index contributed by atoms with van der Waals surface area (Å²) in [4.78, 5) is 3.00. The molecule has 0 radical (unpaired) electrons. The number of hydrogen-bond donors (Lipinski definition) is 1. The van der Waals surface area contributed by atoms with Crippen molar-refractivity contribution >= 4 is 23.1 Å². The van der Waals surface area contributed by atoms with Crippen LogP contribution in [0.25, 0.3) is 0 Å². The maximum atomic E-state index is 6.54. The largest absolute Gasteiger partial charge is 0.320 e. The Labute approximate surface area is 124 Å². The van der Waals surface area contributed by atoms with Gasteiger partial charge in [-0.3, -0.25) is 0 Å². The van der Waals surface area contributed by atoms with E-state index in [4.69, 9.17) is 5.73 Å². The number of hydrogen-bond acceptors (Lipinski definition) is 3. The van der Waals surface area contributed by atoms with E-state index in [-0.39, 0.29) is 6.04 Å². The summed E-state index contributed by atoms with van der Waals surface area (Å²) in [5, 5.41) is 0. The van der Waals surface area contributed by atoms with Gasteiger partial charge >= 0.3 is 0 Å². The fourth-order valence-electron chi connectivity index (χ4n) is 3.01. The monoisotopic (exact) mass is 293 g/mol. The second-order valence-corrected chi connectivity index (χ2v) is 7.88. The van der Waals surface area contributed by atoms with Crippen molar-refractivity contribution in [3.63, 3.8) is 0 Å². The van der Waals surface area contributed by atoms with Crippen LogP contribution in [0.3, 0.4) is 0 Å². The van der Waals surface area contributed by atoms with E-state index in [9.17, 15) is 0 Å². The molecule has 19 heavy (non-hydrogen) atoms. The van der Waals surface area contributed by atoms with Gasteiger partial charge in [-0.05, 0) is 49.5 Å². The van der Waals surface area contributed by atoms with Gasteiger partial charge < -0.3 is 5.73 Å². The Morgan fingerprint density at radius 2 is 2.00 bits per heavy atom. The van der Waals surface area contributed by atoms with E-state index in [0.717, 1.165) is 0 Å². The lowest BCUT2D eigenvalue weighted by Gasteiger charge is -2.17. The molecule has 1 aliphatic heterocycles. The van der Waals surface area contributed by atoms with Crippen LogP contribution in [-0.2, 0) is 12.2 Å². The van der Waals surface area contributed by atoms with E-state index in [1.807, 2.05) is 11.3 Å². The van der Waals surface area contributed by atoms with E-state index >= 15 is 0 Å². The maximum Gasteiger partial charge on any atom is 0.0605 e. The van der Waals surface area contributed by atoms with Gasteiger partial charge in [0, 0.05) is 15.5 Å². The van der Waals surface area contributed by atoms with Crippen molar-refractivity contribution in [3.8, 4) is 0 Å². The van der Waals surface area contributed by atoms with E-state index in [0.29, 0.717) is 0 Å². The molecule has 0 bridgehead atoms. The topological polar surface area (TPSA) is 26.0 Å². The zero-order valence-electron chi connectivity index (χ0n) is 11.5. The molecule has 104 valence electrons. The minimum absolute atomic E-state index is 0.165. The first-order valence-electron chi connectivity index (χ1n) is 7.48. The average molecular weight is 294 g/mol. The molecule has 0 amide bonds. The molecule has 2 N–H and O–H groups in total. The fraction of sp³-hybridized carbons (Fsp3) is 0.625. The Bertz CT molecular complexity index is 438. The van der Waals surface area contributed by atoms with Crippen LogP contribution >= 0.6 is 23.1 Å². The van der Waals surface area contributed by atoms with E-state index in [1.54, 1.807) is 10.4 Å². The van der Waals surface area contributed by atoms with Gasteiger partial charge in [0.25, 0.3) is 0 Å². The van der Waals surface area contributed by atoms with Gasteiger partial charge in [-0.2, -0.15) is 11.8 Å². The standard InChI is InChI=1S/C16H23NS2/c17-16(12-6-4-2-1-3-5-7-12)15-10-13-11-18-9-8-14(13)19-15/h6,10,16H,1-5,7-9,11,17H2. The van der Waals surface area contributed by atoms with E-state index in [1.165, 1.54) is 66.9 Å². The lowest BCUT2D eigenvalue weighted by atomic mass is 9.94. The number of aryl methyl sites for hydroxylation is 1. The molecule has 2 heterocycles. The molecular formula is C16H23NS2. The highest BCUT2D eigenvalue weighted by Gasteiger charge is 2.19. The molecule has 1 aromatic heterocycles. The summed E-state index contributed by atoms with van der Waals surface area (Å²) >= 11 is 4.03. The van der Waals surface area contributed by atoms with Gasteiger partial charge in [0.05, 0.1) is 6.04 Å². The molecule has 3 heteroatoms. The zero-order chi connectivity index (χ0) is 13.1. The maximum absolute atomic E-state index is 6.54. The van der Waals surface area contributed by atoms with Crippen LogP contribution in [0.2, 0.25) is 0 Å². The number of nitrogens with two attached hydrogens (primary N) is 1. The van der Waals surface area contributed by atoms with Crippen molar-refractivity contribution in [2.75, 3.05) is 5.75 Å². The number of fused-ring (bicyclic) bond motifs is 1. The van der Waals surface area contributed by atoms with Crippen LogP contribution in [0, 0.1) is 0 Å². The van der Waals surface area contributed by atoms with Gasteiger partial charge in [-0.1, -0.05) is 24.5 Å². The third-order valence-corrected chi connectivity index (χ3v) is 6.51. The lowest BCUT2D eigenvalue weighted by molar-refractivity contribution is 0.604. The highest BCUT2D eigenvalue weighted by molar-refractivity contribution is 7.98. The summed E-state index contributed by atoms with van der Waals surface area (Å²) in [5.41, 5.74) is 9.58. The molecule has 0 fully saturated rings. The molecule has 0 spiro atoms. The summed E-state index contributed by atoms with van der Waals surface area (Å²) in [6.45, 7) is 0. The molecular weight excluding hydrogens is 270 g/mol. The first-order chi connectivity index (χ1) is 9.34. The van der Waals surface area contributed by atoms with Crippen LogP contribution in [0.1, 0.15) is 59.9 Å². The minimum atomic E-state index is 0.165. The van der Waals surface area contributed by atoms with E-state index in [2.05, 4.69) is 23.9 Å². The van der Waals surface area contributed by atoms with Crippen LogP contribution in [0.5, 0.6) is 0 Å². The molecule has 1 atom stereocenters. The van der Waals surface area contributed by atoms with Crippen molar-refractivity contribution in [1.82, 2.24) is 0 Å². The number of rotatable bonds is 2. The molecule has 1 aliphatic carbocycles. The molecule has 0 saturated carbocycles. The molecule has 3 rings (SSSR count). The normalized spacial score (nSPS) is 22.1. The fourth-order valence-corrected chi connectivity index (χ4v) is 5.43. The van der Waals surface area contributed by atoms with Gasteiger partial charge in [0.1, 0.15) is 0 Å². The third kappa shape index (κ3) is 3.26. The summed E-state index contributed by atoms with van der Waals surface area (Å²) in [6.07, 6.45) is 11.5. The van der Waals surface area contributed by atoms with Crippen molar-refractivity contribution in [2.45, 2.75) is 56.7 Å². The molecule has 1 unspecified atom stereocenters. The van der Waals surface area contributed by atoms with Crippen molar-refractivity contribution in [1.29, 1.82) is 0 Å². The molecule has 2 aliphatic rings. The third-order valence-electron chi connectivity index (χ3n) is 4.18. The number of allylic oxidation sites excluding steroid dienone is 1.